The maximum absolute atomic E-state index is 10.5. The van der Waals surface area contributed by atoms with Crippen molar-refractivity contribution in [3.8, 4) is 0 Å². The lowest BCUT2D eigenvalue weighted by Gasteiger charge is -2.05. The highest BCUT2D eigenvalue weighted by Crippen LogP contribution is 2.15. The number of rotatable bonds is 2. The van der Waals surface area contributed by atoms with Gasteiger partial charge in [0.05, 0.1) is 5.02 Å². The Balaban J connectivity index is 2.63. The Bertz CT molecular complexity index is 290. The van der Waals surface area contributed by atoms with E-state index in [1.165, 1.54) is 6.92 Å². The molecule has 0 saturated heterocycles. The van der Waals surface area contributed by atoms with E-state index in [0.29, 0.717) is 10.8 Å². The van der Waals surface area contributed by atoms with E-state index in [2.05, 4.69) is 15.8 Å². The Hall–Kier alpha value is -1.29. The summed E-state index contributed by atoms with van der Waals surface area (Å²) in [7, 11) is 0. The Kier molecular flexibility index (Phi) is 2.88. The molecule has 5 heteroatoms. The van der Waals surface area contributed by atoms with Crippen molar-refractivity contribution < 1.29 is 4.79 Å². The highest BCUT2D eigenvalue weighted by atomic mass is 35.5. The fourth-order valence-corrected chi connectivity index (χ4v) is 0.794. The number of nitrogens with zero attached hydrogens (tertiary/aromatic N) is 1. The topological polar surface area (TPSA) is 54.0 Å². The van der Waals surface area contributed by atoms with Crippen LogP contribution in [0.3, 0.4) is 0 Å². The van der Waals surface area contributed by atoms with Crippen LogP contribution in [-0.4, -0.2) is 10.9 Å². The Morgan fingerprint density at radius 1 is 1.67 bits per heavy atom. The lowest BCUT2D eigenvalue weighted by Crippen LogP contribution is -2.27. The molecule has 0 fully saturated rings. The number of aromatic nitrogens is 1. The van der Waals surface area contributed by atoms with Gasteiger partial charge in [-0.1, -0.05) is 11.6 Å². The number of amides is 1. The molecule has 0 aliphatic rings. The third kappa shape index (κ3) is 2.39. The van der Waals surface area contributed by atoms with Crippen molar-refractivity contribution in [2.45, 2.75) is 6.92 Å². The minimum absolute atomic E-state index is 0.197. The van der Waals surface area contributed by atoms with E-state index in [1.807, 2.05) is 0 Å². The molecule has 64 valence electrons. The Morgan fingerprint density at radius 3 is 3.00 bits per heavy atom. The lowest BCUT2D eigenvalue weighted by molar-refractivity contribution is -0.118. The van der Waals surface area contributed by atoms with Gasteiger partial charge >= 0.3 is 0 Å². The van der Waals surface area contributed by atoms with E-state index in [0.717, 1.165) is 0 Å². The maximum Gasteiger partial charge on any atom is 0.235 e. The monoisotopic (exact) mass is 185 g/mol. The van der Waals surface area contributed by atoms with E-state index in [4.69, 9.17) is 11.6 Å². The number of hydrogen-bond acceptors (Lipinski definition) is 3. The van der Waals surface area contributed by atoms with Crippen molar-refractivity contribution in [3.05, 3.63) is 23.4 Å². The van der Waals surface area contributed by atoms with Crippen LogP contribution in [0, 0.1) is 0 Å². The SMILES string of the molecule is CC(=O)NNc1ncccc1Cl. The molecule has 0 aromatic carbocycles. The number of pyridine rings is 1. The molecule has 1 aromatic heterocycles. The second-order valence-electron chi connectivity index (χ2n) is 2.14. The van der Waals surface area contributed by atoms with E-state index < -0.39 is 0 Å². The van der Waals surface area contributed by atoms with Crippen LogP contribution in [-0.2, 0) is 4.79 Å². The summed E-state index contributed by atoms with van der Waals surface area (Å²) >= 11 is 5.73. The van der Waals surface area contributed by atoms with Gasteiger partial charge in [0.1, 0.15) is 0 Å². The Labute approximate surface area is 74.9 Å². The van der Waals surface area contributed by atoms with Gasteiger partial charge in [0.2, 0.25) is 5.91 Å². The van der Waals surface area contributed by atoms with Crippen LogP contribution in [0.2, 0.25) is 5.02 Å². The molecule has 2 N–H and O–H groups in total. The van der Waals surface area contributed by atoms with Crippen LogP contribution >= 0.6 is 11.6 Å². The number of halogens is 1. The van der Waals surface area contributed by atoms with Gasteiger partial charge in [-0.3, -0.25) is 15.6 Å². The molecule has 0 bridgehead atoms. The fraction of sp³-hybridized carbons (Fsp3) is 0.143. The van der Waals surface area contributed by atoms with E-state index in [1.54, 1.807) is 18.3 Å². The summed E-state index contributed by atoms with van der Waals surface area (Å²) in [5, 5.41) is 0.464. The molecule has 1 aromatic rings. The van der Waals surface area contributed by atoms with Crippen LogP contribution in [0.1, 0.15) is 6.92 Å². The number of hydrazine groups is 1. The smallest absolute Gasteiger partial charge is 0.235 e. The van der Waals surface area contributed by atoms with Crippen molar-refractivity contribution in [2.75, 3.05) is 5.43 Å². The average molecular weight is 186 g/mol. The second-order valence-corrected chi connectivity index (χ2v) is 2.55. The third-order valence-electron chi connectivity index (χ3n) is 1.12. The van der Waals surface area contributed by atoms with Crippen molar-refractivity contribution in [1.29, 1.82) is 0 Å². The second kappa shape index (κ2) is 3.92. The molecule has 1 rings (SSSR count). The molecule has 4 nitrogen and oxygen atoms in total. The zero-order chi connectivity index (χ0) is 8.97. The van der Waals surface area contributed by atoms with Gasteiger partial charge in [-0.05, 0) is 12.1 Å². The molecule has 0 spiro atoms. The molecule has 0 aliphatic carbocycles. The zero-order valence-electron chi connectivity index (χ0n) is 6.47. The third-order valence-corrected chi connectivity index (χ3v) is 1.42. The number of hydrogen-bond donors (Lipinski definition) is 2. The van der Waals surface area contributed by atoms with Gasteiger partial charge in [0, 0.05) is 13.1 Å². The number of anilines is 1. The first kappa shape index (κ1) is 8.80. The van der Waals surface area contributed by atoms with Gasteiger partial charge in [-0.15, -0.1) is 0 Å². The molecule has 12 heavy (non-hydrogen) atoms. The van der Waals surface area contributed by atoms with Gasteiger partial charge in [0.25, 0.3) is 0 Å². The number of carbonyl (C=O) groups excluding carboxylic acids is 1. The van der Waals surface area contributed by atoms with E-state index >= 15 is 0 Å². The van der Waals surface area contributed by atoms with Gasteiger partial charge in [0.15, 0.2) is 5.82 Å². The summed E-state index contributed by atoms with van der Waals surface area (Å²) in [6.45, 7) is 1.39. The molecule has 1 heterocycles. The summed E-state index contributed by atoms with van der Waals surface area (Å²) in [6.07, 6.45) is 1.58. The summed E-state index contributed by atoms with van der Waals surface area (Å²) in [4.78, 5) is 14.4. The van der Waals surface area contributed by atoms with Crippen molar-refractivity contribution in [2.24, 2.45) is 0 Å². The highest BCUT2D eigenvalue weighted by molar-refractivity contribution is 6.32. The number of carbonyl (C=O) groups is 1. The van der Waals surface area contributed by atoms with Crippen molar-refractivity contribution in [1.82, 2.24) is 10.4 Å². The predicted octanol–water partition coefficient (Wildman–Crippen LogP) is 1.20. The molecule has 0 atom stereocenters. The Morgan fingerprint density at radius 2 is 2.42 bits per heavy atom. The molecule has 0 saturated carbocycles. The van der Waals surface area contributed by atoms with Crippen LogP contribution in [0.4, 0.5) is 5.82 Å². The summed E-state index contributed by atoms with van der Waals surface area (Å²) in [5.41, 5.74) is 4.94. The quantitative estimate of drug-likeness (QED) is 0.681. The standard InChI is InChI=1S/C7H8ClN3O/c1-5(12)10-11-7-6(8)3-2-4-9-7/h2-4H,1H3,(H,9,11)(H,10,12). The molecular formula is C7H8ClN3O. The van der Waals surface area contributed by atoms with Crippen LogP contribution in [0.15, 0.2) is 18.3 Å². The molecule has 0 unspecified atom stereocenters. The van der Waals surface area contributed by atoms with E-state index in [9.17, 15) is 4.79 Å². The highest BCUT2D eigenvalue weighted by Gasteiger charge is 1.98. The normalized spacial score (nSPS) is 9.17. The minimum Gasteiger partial charge on any atom is -0.281 e. The van der Waals surface area contributed by atoms with Crippen molar-refractivity contribution in [3.63, 3.8) is 0 Å². The summed E-state index contributed by atoms with van der Waals surface area (Å²) < 4.78 is 0. The molecular weight excluding hydrogens is 178 g/mol. The predicted molar refractivity (Wildman–Crippen MR) is 46.7 cm³/mol. The van der Waals surface area contributed by atoms with Gasteiger partial charge in [-0.2, -0.15) is 0 Å². The van der Waals surface area contributed by atoms with Gasteiger partial charge < -0.3 is 0 Å². The number of nitrogens with one attached hydrogen (secondary N) is 2. The van der Waals surface area contributed by atoms with Crippen molar-refractivity contribution >= 4 is 23.3 Å². The molecule has 0 radical (unpaired) electrons. The van der Waals surface area contributed by atoms with E-state index in [-0.39, 0.29) is 5.91 Å². The summed E-state index contributed by atoms with van der Waals surface area (Å²) in [5.74, 6) is 0.242. The fourth-order valence-electron chi connectivity index (χ4n) is 0.625. The molecule has 1 amide bonds. The first-order valence-corrected chi connectivity index (χ1v) is 3.71. The molecule has 0 aliphatic heterocycles. The zero-order valence-corrected chi connectivity index (χ0v) is 7.22. The largest absolute Gasteiger partial charge is 0.281 e. The lowest BCUT2D eigenvalue weighted by atomic mass is 10.5. The maximum atomic E-state index is 10.5. The van der Waals surface area contributed by atoms with Crippen LogP contribution in [0.5, 0.6) is 0 Å². The minimum atomic E-state index is -0.197. The summed E-state index contributed by atoms with van der Waals surface area (Å²) in [6, 6.07) is 3.39. The van der Waals surface area contributed by atoms with Crippen LogP contribution in [0.25, 0.3) is 0 Å². The van der Waals surface area contributed by atoms with Gasteiger partial charge in [-0.25, -0.2) is 4.98 Å². The van der Waals surface area contributed by atoms with Crippen LogP contribution < -0.4 is 10.9 Å². The first-order valence-electron chi connectivity index (χ1n) is 3.33. The first-order chi connectivity index (χ1) is 5.70. The average Bonchev–Trinajstić information content (AvgIpc) is 2.03.